The number of carbonyl (C=O) groups is 2. The summed E-state index contributed by atoms with van der Waals surface area (Å²) in [7, 11) is 0. The number of hydrogen-bond acceptors (Lipinski definition) is 3. The van der Waals surface area contributed by atoms with E-state index >= 15 is 0 Å². The van der Waals surface area contributed by atoms with Gasteiger partial charge in [0.1, 0.15) is 0 Å². The summed E-state index contributed by atoms with van der Waals surface area (Å²) in [5, 5.41) is 2.61. The second-order valence-corrected chi connectivity index (χ2v) is 6.91. The van der Waals surface area contributed by atoms with E-state index in [2.05, 4.69) is 5.32 Å². The van der Waals surface area contributed by atoms with Crippen molar-refractivity contribution in [3.63, 3.8) is 0 Å². The highest BCUT2D eigenvalue weighted by Crippen LogP contribution is 2.32. The number of carbonyl (C=O) groups excluding carboxylic acids is 2. The molecule has 3 aromatic rings. The first-order chi connectivity index (χ1) is 14.3. The summed E-state index contributed by atoms with van der Waals surface area (Å²) in [6, 6.07) is 12.6. The highest BCUT2D eigenvalue weighted by Gasteiger charge is 2.31. The Labute approximate surface area is 170 Å². The van der Waals surface area contributed by atoms with E-state index in [1.807, 2.05) is 0 Å². The lowest BCUT2D eigenvalue weighted by Gasteiger charge is -2.29. The number of anilines is 2. The van der Waals surface area contributed by atoms with Crippen LogP contribution in [-0.4, -0.2) is 18.4 Å². The van der Waals surface area contributed by atoms with Gasteiger partial charge in [0.05, 0.1) is 11.8 Å². The van der Waals surface area contributed by atoms with Crippen LogP contribution in [0.4, 0.5) is 24.5 Å². The molecular formula is C22H17F3N2O3. The van der Waals surface area contributed by atoms with Crippen LogP contribution in [-0.2, 0) is 12.6 Å². The molecule has 154 valence electrons. The van der Waals surface area contributed by atoms with Gasteiger partial charge in [0.25, 0.3) is 11.8 Å². The number of furan rings is 1. The lowest BCUT2D eigenvalue weighted by molar-refractivity contribution is -0.137. The summed E-state index contributed by atoms with van der Waals surface area (Å²) < 4.78 is 43.9. The number of nitrogens with one attached hydrogen (secondary N) is 1. The average Bonchev–Trinajstić information content (AvgIpc) is 3.27. The quantitative estimate of drug-likeness (QED) is 0.645. The third-order valence-electron chi connectivity index (χ3n) is 4.89. The zero-order valence-corrected chi connectivity index (χ0v) is 15.7. The second kappa shape index (κ2) is 7.70. The lowest BCUT2D eigenvalue weighted by Crippen LogP contribution is -2.35. The molecule has 1 aliphatic rings. The molecule has 0 fully saturated rings. The largest absolute Gasteiger partial charge is 0.459 e. The van der Waals surface area contributed by atoms with Gasteiger partial charge in [0.2, 0.25) is 0 Å². The number of alkyl halides is 3. The zero-order chi connectivity index (χ0) is 21.3. The predicted molar refractivity (Wildman–Crippen MR) is 105 cm³/mol. The minimum Gasteiger partial charge on any atom is -0.459 e. The minimum atomic E-state index is -4.53. The van der Waals surface area contributed by atoms with Crippen molar-refractivity contribution in [2.45, 2.75) is 19.0 Å². The summed E-state index contributed by atoms with van der Waals surface area (Å²) in [5.74, 6) is -0.746. The molecule has 2 heterocycles. The Morgan fingerprint density at radius 1 is 1.03 bits per heavy atom. The fourth-order valence-corrected chi connectivity index (χ4v) is 3.44. The van der Waals surface area contributed by atoms with Crippen molar-refractivity contribution in [2.75, 3.05) is 16.8 Å². The van der Waals surface area contributed by atoms with Gasteiger partial charge in [-0.25, -0.2) is 0 Å². The van der Waals surface area contributed by atoms with Crippen LogP contribution in [0.2, 0.25) is 0 Å². The molecule has 0 atom stereocenters. The third kappa shape index (κ3) is 3.94. The highest BCUT2D eigenvalue weighted by molar-refractivity contribution is 6.07. The second-order valence-electron chi connectivity index (χ2n) is 6.91. The van der Waals surface area contributed by atoms with E-state index in [4.69, 9.17) is 4.42 Å². The van der Waals surface area contributed by atoms with Gasteiger partial charge >= 0.3 is 6.18 Å². The Bertz CT molecular complexity index is 1090. The topological polar surface area (TPSA) is 62.6 Å². The Hall–Kier alpha value is -3.55. The molecule has 8 heteroatoms. The summed E-state index contributed by atoms with van der Waals surface area (Å²) in [5.41, 5.74) is 0.972. The summed E-state index contributed by atoms with van der Waals surface area (Å²) in [6.07, 6.45) is -1.55. The molecule has 1 N–H and O–H groups in total. The number of benzene rings is 2. The van der Waals surface area contributed by atoms with Crippen LogP contribution in [0.3, 0.4) is 0 Å². The van der Waals surface area contributed by atoms with Gasteiger partial charge in [-0.2, -0.15) is 13.2 Å². The first-order valence-corrected chi connectivity index (χ1v) is 9.30. The van der Waals surface area contributed by atoms with E-state index in [0.717, 1.165) is 30.5 Å². The summed E-state index contributed by atoms with van der Waals surface area (Å²) in [6.45, 7) is 0.498. The van der Waals surface area contributed by atoms with Crippen molar-refractivity contribution >= 4 is 23.2 Å². The molecule has 0 aliphatic carbocycles. The van der Waals surface area contributed by atoms with E-state index in [1.54, 1.807) is 35.2 Å². The van der Waals surface area contributed by atoms with Crippen LogP contribution in [0.1, 0.15) is 38.5 Å². The Balaban J connectivity index is 1.59. The Kier molecular flexibility index (Phi) is 5.07. The Morgan fingerprint density at radius 2 is 1.87 bits per heavy atom. The van der Waals surface area contributed by atoms with E-state index in [0.29, 0.717) is 17.9 Å². The fraction of sp³-hybridized carbons (Fsp3) is 0.182. The van der Waals surface area contributed by atoms with Crippen molar-refractivity contribution < 1.29 is 27.2 Å². The maximum absolute atomic E-state index is 12.9. The van der Waals surface area contributed by atoms with Crippen LogP contribution in [0.15, 0.2) is 65.3 Å². The van der Waals surface area contributed by atoms with Crippen molar-refractivity contribution in [3.05, 3.63) is 83.3 Å². The molecule has 2 amide bonds. The number of halogens is 3. The number of aryl methyl sites for hydroxylation is 1. The van der Waals surface area contributed by atoms with Gasteiger partial charge in [0.15, 0.2) is 5.76 Å². The third-order valence-corrected chi connectivity index (χ3v) is 4.89. The smallest absolute Gasteiger partial charge is 0.416 e. The van der Waals surface area contributed by atoms with E-state index in [1.165, 1.54) is 18.4 Å². The first kappa shape index (κ1) is 19.8. The maximum atomic E-state index is 12.9. The fourth-order valence-electron chi connectivity index (χ4n) is 3.44. The van der Waals surface area contributed by atoms with Crippen molar-refractivity contribution in [3.8, 4) is 0 Å². The molecule has 30 heavy (non-hydrogen) atoms. The minimum absolute atomic E-state index is 0.105. The Morgan fingerprint density at radius 3 is 2.60 bits per heavy atom. The predicted octanol–water partition coefficient (Wildman–Crippen LogP) is 5.14. The molecule has 5 nitrogen and oxygen atoms in total. The van der Waals surface area contributed by atoms with Crippen molar-refractivity contribution in [1.29, 1.82) is 0 Å². The summed E-state index contributed by atoms with van der Waals surface area (Å²) in [4.78, 5) is 26.8. The van der Waals surface area contributed by atoms with E-state index in [-0.39, 0.29) is 17.2 Å². The molecule has 0 radical (unpaired) electrons. The molecule has 0 saturated heterocycles. The molecule has 0 spiro atoms. The number of amides is 2. The maximum Gasteiger partial charge on any atom is 0.416 e. The zero-order valence-electron chi connectivity index (χ0n) is 15.7. The van der Waals surface area contributed by atoms with Crippen LogP contribution in [0.25, 0.3) is 0 Å². The molecule has 0 bridgehead atoms. The molecule has 0 unspecified atom stereocenters. The van der Waals surface area contributed by atoms with Crippen LogP contribution in [0, 0.1) is 0 Å². The van der Waals surface area contributed by atoms with E-state index in [9.17, 15) is 22.8 Å². The van der Waals surface area contributed by atoms with Gasteiger partial charge in [-0.05, 0) is 60.9 Å². The SMILES string of the molecule is O=C(Nc1ccc2c(c1)N(C(=O)c1ccco1)CCC2)c1cccc(C(F)(F)F)c1. The first-order valence-electron chi connectivity index (χ1n) is 9.30. The van der Waals surface area contributed by atoms with E-state index < -0.39 is 17.6 Å². The molecule has 4 rings (SSSR count). The standard InChI is InChI=1S/C22H17F3N2O3/c23-22(24,25)16-6-1-4-15(12-16)20(28)26-17-9-8-14-5-2-10-27(18(14)13-17)21(29)19-7-3-11-30-19/h1,3-4,6-9,11-13H,2,5,10H2,(H,26,28). The van der Waals surface area contributed by atoms with Crippen molar-refractivity contribution in [1.82, 2.24) is 0 Å². The summed E-state index contributed by atoms with van der Waals surface area (Å²) >= 11 is 0. The molecular weight excluding hydrogens is 397 g/mol. The van der Waals surface area contributed by atoms with Gasteiger partial charge in [-0.15, -0.1) is 0 Å². The van der Waals surface area contributed by atoms with Gasteiger partial charge in [0, 0.05) is 23.5 Å². The lowest BCUT2D eigenvalue weighted by atomic mass is 10.0. The monoisotopic (exact) mass is 414 g/mol. The number of rotatable bonds is 3. The van der Waals surface area contributed by atoms with Gasteiger partial charge in [-0.1, -0.05) is 12.1 Å². The number of fused-ring (bicyclic) bond motifs is 1. The van der Waals surface area contributed by atoms with Gasteiger partial charge < -0.3 is 14.6 Å². The number of hydrogen-bond donors (Lipinski definition) is 1. The normalized spacial score (nSPS) is 13.6. The molecule has 1 aliphatic heterocycles. The molecule has 0 saturated carbocycles. The van der Waals surface area contributed by atoms with Crippen LogP contribution < -0.4 is 10.2 Å². The highest BCUT2D eigenvalue weighted by atomic mass is 19.4. The molecule has 1 aromatic heterocycles. The average molecular weight is 414 g/mol. The molecule has 2 aromatic carbocycles. The van der Waals surface area contributed by atoms with Crippen molar-refractivity contribution in [2.24, 2.45) is 0 Å². The number of nitrogens with zero attached hydrogens (tertiary/aromatic N) is 1. The van der Waals surface area contributed by atoms with Gasteiger partial charge in [-0.3, -0.25) is 9.59 Å². The van der Waals surface area contributed by atoms with Crippen LogP contribution >= 0.6 is 0 Å². The van der Waals surface area contributed by atoms with Crippen LogP contribution in [0.5, 0.6) is 0 Å².